The molecule has 0 saturated carbocycles. The normalized spacial score (nSPS) is 10.4. The lowest BCUT2D eigenvalue weighted by Gasteiger charge is -2.15. The molecule has 5 nitrogen and oxygen atoms in total. The Morgan fingerprint density at radius 2 is 2.31 bits per heavy atom. The largest absolute Gasteiger partial charge is 0.384 e. The Labute approximate surface area is 95.7 Å². The number of nitrogens with zero attached hydrogens (tertiary/aromatic N) is 2. The minimum atomic E-state index is 0.0577. The Kier molecular flexibility index (Phi) is 4.72. The average Bonchev–Trinajstić information content (AvgIpc) is 2.29. The van der Waals surface area contributed by atoms with E-state index < -0.39 is 0 Å². The van der Waals surface area contributed by atoms with Crippen LogP contribution in [0.25, 0.3) is 0 Å². The van der Waals surface area contributed by atoms with Gasteiger partial charge in [0.1, 0.15) is 5.82 Å². The van der Waals surface area contributed by atoms with Gasteiger partial charge in [-0.3, -0.25) is 4.79 Å². The number of aromatic nitrogens is 1. The molecule has 1 heterocycles. The second-order valence-corrected chi connectivity index (χ2v) is 3.75. The standard InChI is InChI=1S/C11H18N4O/c1-13-11(16)5-6-15(2)8-9-3-4-10(12)14-7-9/h3-4,7H,5-6,8H2,1-2H3,(H2,12,14)(H,13,16). The van der Waals surface area contributed by atoms with E-state index in [2.05, 4.69) is 15.2 Å². The minimum absolute atomic E-state index is 0.0577. The van der Waals surface area contributed by atoms with Crippen LogP contribution in [0.4, 0.5) is 5.82 Å². The highest BCUT2D eigenvalue weighted by atomic mass is 16.1. The van der Waals surface area contributed by atoms with Gasteiger partial charge in [-0.05, 0) is 18.7 Å². The lowest BCUT2D eigenvalue weighted by Crippen LogP contribution is -2.26. The first kappa shape index (κ1) is 12.4. The second kappa shape index (κ2) is 6.07. The molecule has 0 aliphatic carbocycles. The zero-order valence-corrected chi connectivity index (χ0v) is 9.73. The van der Waals surface area contributed by atoms with Gasteiger partial charge >= 0.3 is 0 Å². The van der Waals surface area contributed by atoms with Crippen molar-refractivity contribution >= 4 is 11.7 Å². The third kappa shape index (κ3) is 4.27. The van der Waals surface area contributed by atoms with Gasteiger partial charge in [0.05, 0.1) is 0 Å². The minimum Gasteiger partial charge on any atom is -0.384 e. The number of pyridine rings is 1. The molecule has 0 unspecified atom stereocenters. The van der Waals surface area contributed by atoms with Crippen LogP contribution < -0.4 is 11.1 Å². The molecule has 0 aromatic carbocycles. The molecule has 5 heteroatoms. The van der Waals surface area contributed by atoms with Crippen LogP contribution in [0.2, 0.25) is 0 Å². The molecule has 1 rings (SSSR count). The summed E-state index contributed by atoms with van der Waals surface area (Å²) in [4.78, 5) is 17.1. The van der Waals surface area contributed by atoms with Crippen molar-refractivity contribution in [1.29, 1.82) is 0 Å². The van der Waals surface area contributed by atoms with Crippen LogP contribution in [0, 0.1) is 0 Å². The number of anilines is 1. The number of rotatable bonds is 5. The van der Waals surface area contributed by atoms with Crippen LogP contribution >= 0.6 is 0 Å². The summed E-state index contributed by atoms with van der Waals surface area (Å²) in [6.45, 7) is 1.49. The fraction of sp³-hybridized carbons (Fsp3) is 0.455. The molecular weight excluding hydrogens is 204 g/mol. The maximum absolute atomic E-state index is 11.0. The van der Waals surface area contributed by atoms with E-state index in [0.29, 0.717) is 12.2 Å². The number of carbonyl (C=O) groups is 1. The predicted molar refractivity (Wildman–Crippen MR) is 63.7 cm³/mol. The number of amides is 1. The molecule has 0 saturated heterocycles. The van der Waals surface area contributed by atoms with Gasteiger partial charge in [-0.2, -0.15) is 0 Å². The summed E-state index contributed by atoms with van der Waals surface area (Å²) in [6, 6.07) is 3.72. The number of nitrogens with two attached hydrogens (primary N) is 1. The Hall–Kier alpha value is -1.62. The molecule has 0 radical (unpaired) electrons. The number of carbonyl (C=O) groups excluding carboxylic acids is 1. The van der Waals surface area contributed by atoms with Gasteiger partial charge in [0.15, 0.2) is 0 Å². The summed E-state index contributed by atoms with van der Waals surface area (Å²) in [6.07, 6.45) is 2.27. The Balaban J connectivity index is 2.36. The quantitative estimate of drug-likeness (QED) is 0.748. The lowest BCUT2D eigenvalue weighted by molar-refractivity contribution is -0.120. The third-order valence-electron chi connectivity index (χ3n) is 2.30. The maximum atomic E-state index is 11.0. The molecular formula is C11H18N4O. The van der Waals surface area contributed by atoms with Gasteiger partial charge in [0.2, 0.25) is 5.91 Å². The third-order valence-corrected chi connectivity index (χ3v) is 2.30. The lowest BCUT2D eigenvalue weighted by atomic mass is 10.2. The fourth-order valence-electron chi connectivity index (χ4n) is 1.34. The fourth-order valence-corrected chi connectivity index (χ4v) is 1.34. The van der Waals surface area contributed by atoms with Gasteiger partial charge in [-0.25, -0.2) is 4.98 Å². The number of nitrogens with one attached hydrogen (secondary N) is 1. The van der Waals surface area contributed by atoms with Crippen molar-refractivity contribution in [3.8, 4) is 0 Å². The average molecular weight is 222 g/mol. The van der Waals surface area contributed by atoms with Crippen molar-refractivity contribution < 1.29 is 4.79 Å². The van der Waals surface area contributed by atoms with E-state index in [0.717, 1.165) is 18.7 Å². The Bertz CT molecular complexity index is 336. The number of hydrogen-bond acceptors (Lipinski definition) is 4. The smallest absolute Gasteiger partial charge is 0.221 e. The van der Waals surface area contributed by atoms with Crippen molar-refractivity contribution in [3.05, 3.63) is 23.9 Å². The summed E-state index contributed by atoms with van der Waals surface area (Å²) in [7, 11) is 3.62. The zero-order valence-electron chi connectivity index (χ0n) is 9.73. The Morgan fingerprint density at radius 1 is 1.56 bits per heavy atom. The molecule has 0 bridgehead atoms. The van der Waals surface area contributed by atoms with Crippen molar-refractivity contribution in [3.63, 3.8) is 0 Å². The molecule has 0 atom stereocenters. The van der Waals surface area contributed by atoms with Crippen molar-refractivity contribution in [2.24, 2.45) is 0 Å². The van der Waals surface area contributed by atoms with Crippen LogP contribution in [0.3, 0.4) is 0 Å². The van der Waals surface area contributed by atoms with E-state index in [-0.39, 0.29) is 5.91 Å². The van der Waals surface area contributed by atoms with Crippen LogP contribution in [0.1, 0.15) is 12.0 Å². The zero-order chi connectivity index (χ0) is 12.0. The van der Waals surface area contributed by atoms with Crippen molar-refractivity contribution in [1.82, 2.24) is 15.2 Å². The van der Waals surface area contributed by atoms with E-state index in [9.17, 15) is 4.79 Å². The highest BCUT2D eigenvalue weighted by Gasteiger charge is 2.03. The second-order valence-electron chi connectivity index (χ2n) is 3.75. The Morgan fingerprint density at radius 3 is 2.88 bits per heavy atom. The van der Waals surface area contributed by atoms with Crippen LogP contribution in [-0.2, 0) is 11.3 Å². The van der Waals surface area contributed by atoms with Gasteiger partial charge < -0.3 is 16.0 Å². The monoisotopic (exact) mass is 222 g/mol. The van der Waals surface area contributed by atoms with E-state index in [1.807, 2.05) is 13.1 Å². The molecule has 1 amide bonds. The summed E-state index contributed by atoms with van der Waals surface area (Å²) in [5.41, 5.74) is 6.59. The van der Waals surface area contributed by atoms with Gasteiger partial charge in [-0.15, -0.1) is 0 Å². The number of hydrogen-bond donors (Lipinski definition) is 2. The summed E-state index contributed by atoms with van der Waals surface area (Å²) >= 11 is 0. The molecule has 0 aliphatic heterocycles. The first-order valence-electron chi connectivity index (χ1n) is 5.21. The van der Waals surface area contributed by atoms with Gasteiger partial charge in [-0.1, -0.05) is 6.07 Å². The molecule has 0 fully saturated rings. The van der Waals surface area contributed by atoms with E-state index in [1.165, 1.54) is 0 Å². The first-order chi connectivity index (χ1) is 7.61. The van der Waals surface area contributed by atoms with Crippen molar-refractivity contribution in [2.45, 2.75) is 13.0 Å². The number of nitrogen functional groups attached to an aromatic ring is 1. The van der Waals surface area contributed by atoms with E-state index in [1.54, 1.807) is 19.3 Å². The molecule has 16 heavy (non-hydrogen) atoms. The summed E-state index contributed by atoms with van der Waals surface area (Å²) in [5, 5.41) is 2.60. The first-order valence-corrected chi connectivity index (χ1v) is 5.21. The maximum Gasteiger partial charge on any atom is 0.221 e. The topological polar surface area (TPSA) is 71.2 Å². The molecule has 1 aromatic rings. The molecule has 0 aliphatic rings. The summed E-state index contributed by atoms with van der Waals surface area (Å²) in [5.74, 6) is 0.582. The van der Waals surface area contributed by atoms with E-state index in [4.69, 9.17) is 5.73 Å². The highest BCUT2D eigenvalue weighted by molar-refractivity contribution is 5.75. The van der Waals surface area contributed by atoms with Crippen LogP contribution in [-0.4, -0.2) is 36.4 Å². The SMILES string of the molecule is CNC(=O)CCN(C)Cc1ccc(N)nc1. The van der Waals surface area contributed by atoms with Gasteiger partial charge in [0.25, 0.3) is 0 Å². The molecule has 3 N–H and O–H groups in total. The highest BCUT2D eigenvalue weighted by Crippen LogP contribution is 2.04. The van der Waals surface area contributed by atoms with Crippen LogP contribution in [0.15, 0.2) is 18.3 Å². The summed E-state index contributed by atoms with van der Waals surface area (Å²) < 4.78 is 0. The predicted octanol–water partition coefficient (Wildman–Crippen LogP) is 0.232. The van der Waals surface area contributed by atoms with E-state index >= 15 is 0 Å². The molecule has 1 aromatic heterocycles. The molecule has 88 valence electrons. The van der Waals surface area contributed by atoms with Crippen molar-refractivity contribution in [2.75, 3.05) is 26.4 Å². The van der Waals surface area contributed by atoms with Crippen LogP contribution in [0.5, 0.6) is 0 Å². The van der Waals surface area contributed by atoms with Gasteiger partial charge in [0, 0.05) is 32.8 Å². The molecule has 0 spiro atoms.